The Kier molecular flexibility index (Phi) is 3.60. The molecule has 0 radical (unpaired) electrons. The van der Waals surface area contributed by atoms with E-state index < -0.39 is 0 Å². The van der Waals surface area contributed by atoms with Gasteiger partial charge in [0.25, 0.3) is 0 Å². The fourth-order valence-corrected chi connectivity index (χ4v) is 5.27. The summed E-state index contributed by atoms with van der Waals surface area (Å²) >= 11 is 5.44. The van der Waals surface area contributed by atoms with Crippen LogP contribution in [0.15, 0.2) is 15.9 Å². The van der Waals surface area contributed by atoms with E-state index in [9.17, 15) is 0 Å². The van der Waals surface area contributed by atoms with Crippen LogP contribution in [0.5, 0.6) is 0 Å². The van der Waals surface area contributed by atoms with Crippen LogP contribution in [0, 0.1) is 17.8 Å². The molecule has 2 aliphatic carbocycles. The maximum atomic E-state index is 3.72. The van der Waals surface area contributed by atoms with Crippen LogP contribution in [-0.2, 0) is 6.42 Å². The average molecular weight is 314 g/mol. The van der Waals surface area contributed by atoms with E-state index in [1.165, 1.54) is 35.0 Å². The van der Waals surface area contributed by atoms with Crippen LogP contribution in [0.3, 0.4) is 0 Å². The smallest absolute Gasteiger partial charge is 0.0285 e. The molecule has 2 fully saturated rings. The number of nitrogens with one attached hydrogen (secondary N) is 1. The molecule has 3 rings (SSSR count). The highest BCUT2D eigenvalue weighted by Crippen LogP contribution is 2.59. The lowest BCUT2D eigenvalue weighted by atomic mass is 10.0. The lowest BCUT2D eigenvalue weighted by Gasteiger charge is -2.19. The third kappa shape index (κ3) is 2.47. The van der Waals surface area contributed by atoms with Crippen molar-refractivity contribution in [1.29, 1.82) is 0 Å². The standard InChI is InChI=1S/C14H20BrNS/c1-2-16-13(7-10-6-9(15)8-17-10)14-11-4-3-5-12(11)14/h6,8,11-14,16H,2-5,7H2,1H3. The molecular formula is C14H20BrNS. The van der Waals surface area contributed by atoms with Crippen molar-refractivity contribution in [2.24, 2.45) is 17.8 Å². The first-order chi connectivity index (χ1) is 8.29. The normalized spacial score (nSPS) is 32.5. The molecular weight excluding hydrogens is 294 g/mol. The second-order valence-electron chi connectivity index (χ2n) is 5.44. The van der Waals surface area contributed by atoms with E-state index in [0.717, 1.165) is 30.3 Å². The summed E-state index contributed by atoms with van der Waals surface area (Å²) in [6.07, 6.45) is 5.69. The SMILES string of the molecule is CCNC(Cc1cc(Br)cs1)C1C2CCCC21. The van der Waals surface area contributed by atoms with Crippen LogP contribution in [0.4, 0.5) is 0 Å². The van der Waals surface area contributed by atoms with E-state index in [1.54, 1.807) is 0 Å². The van der Waals surface area contributed by atoms with Gasteiger partial charge >= 0.3 is 0 Å². The highest BCUT2D eigenvalue weighted by Gasteiger charge is 2.55. The van der Waals surface area contributed by atoms with Gasteiger partial charge in [-0.3, -0.25) is 0 Å². The molecule has 3 atom stereocenters. The molecule has 0 aromatic carbocycles. The van der Waals surface area contributed by atoms with Crippen LogP contribution in [0.1, 0.15) is 31.1 Å². The largest absolute Gasteiger partial charge is 0.314 e. The Morgan fingerprint density at radius 2 is 2.24 bits per heavy atom. The summed E-state index contributed by atoms with van der Waals surface area (Å²) in [5.74, 6) is 3.09. The van der Waals surface area contributed by atoms with Crippen LogP contribution in [0.25, 0.3) is 0 Å². The minimum Gasteiger partial charge on any atom is -0.314 e. The van der Waals surface area contributed by atoms with Crippen molar-refractivity contribution < 1.29 is 0 Å². The average Bonchev–Trinajstić information content (AvgIpc) is 2.67. The van der Waals surface area contributed by atoms with Crippen molar-refractivity contribution in [1.82, 2.24) is 5.32 Å². The van der Waals surface area contributed by atoms with Crippen molar-refractivity contribution in [2.75, 3.05) is 6.54 Å². The lowest BCUT2D eigenvalue weighted by molar-refractivity contribution is 0.412. The highest BCUT2D eigenvalue weighted by molar-refractivity contribution is 9.10. The summed E-state index contributed by atoms with van der Waals surface area (Å²) in [4.78, 5) is 1.52. The predicted octanol–water partition coefficient (Wildman–Crippen LogP) is 4.08. The number of rotatable bonds is 5. The second-order valence-corrected chi connectivity index (χ2v) is 7.35. The first-order valence-electron chi connectivity index (χ1n) is 6.76. The minimum absolute atomic E-state index is 0.723. The summed E-state index contributed by atoms with van der Waals surface area (Å²) in [6.45, 7) is 3.34. The number of fused-ring (bicyclic) bond motifs is 1. The van der Waals surface area contributed by atoms with Gasteiger partial charge < -0.3 is 5.32 Å². The Morgan fingerprint density at radius 3 is 2.82 bits per heavy atom. The van der Waals surface area contributed by atoms with Gasteiger partial charge in [0.05, 0.1) is 0 Å². The summed E-state index contributed by atoms with van der Waals surface area (Å²) < 4.78 is 1.24. The second kappa shape index (κ2) is 5.02. The van der Waals surface area contributed by atoms with E-state index in [4.69, 9.17) is 0 Å². The van der Waals surface area contributed by atoms with E-state index in [2.05, 4.69) is 39.6 Å². The third-order valence-corrected chi connectivity index (χ3v) is 6.17. The molecule has 3 heteroatoms. The number of hydrogen-bond acceptors (Lipinski definition) is 2. The zero-order chi connectivity index (χ0) is 11.8. The predicted molar refractivity (Wildman–Crippen MR) is 77.5 cm³/mol. The molecule has 1 aromatic heterocycles. The Balaban J connectivity index is 1.64. The Bertz CT molecular complexity index is 379. The third-order valence-electron chi connectivity index (χ3n) is 4.45. The van der Waals surface area contributed by atoms with E-state index in [-0.39, 0.29) is 0 Å². The molecule has 1 nitrogen and oxygen atoms in total. The molecule has 17 heavy (non-hydrogen) atoms. The summed E-state index contributed by atoms with van der Waals surface area (Å²) in [5.41, 5.74) is 0. The molecule has 3 unspecified atom stereocenters. The van der Waals surface area contributed by atoms with Gasteiger partial charge in [0.1, 0.15) is 0 Å². The van der Waals surface area contributed by atoms with Crippen molar-refractivity contribution in [3.8, 4) is 0 Å². The molecule has 1 heterocycles. The molecule has 0 bridgehead atoms. The molecule has 0 saturated heterocycles. The van der Waals surface area contributed by atoms with Crippen molar-refractivity contribution in [2.45, 2.75) is 38.6 Å². The first kappa shape index (κ1) is 12.2. The van der Waals surface area contributed by atoms with Gasteiger partial charge in [-0.1, -0.05) is 13.3 Å². The van der Waals surface area contributed by atoms with Gasteiger partial charge in [-0.2, -0.15) is 0 Å². The molecule has 2 saturated carbocycles. The topological polar surface area (TPSA) is 12.0 Å². The molecule has 94 valence electrons. The highest BCUT2D eigenvalue weighted by atomic mass is 79.9. The minimum atomic E-state index is 0.723. The molecule has 1 N–H and O–H groups in total. The quantitative estimate of drug-likeness (QED) is 0.863. The molecule has 0 aliphatic heterocycles. The van der Waals surface area contributed by atoms with Gasteiger partial charge in [0.15, 0.2) is 0 Å². The first-order valence-corrected chi connectivity index (χ1v) is 8.43. The van der Waals surface area contributed by atoms with Gasteiger partial charge in [-0.05, 0) is 65.6 Å². The number of likely N-dealkylation sites (N-methyl/N-ethyl adjacent to an activating group) is 1. The van der Waals surface area contributed by atoms with E-state index >= 15 is 0 Å². The van der Waals surface area contributed by atoms with Crippen molar-refractivity contribution in [3.05, 3.63) is 20.8 Å². The zero-order valence-corrected chi connectivity index (χ0v) is 12.7. The number of halogens is 1. The maximum absolute atomic E-state index is 3.72. The van der Waals surface area contributed by atoms with Crippen LogP contribution in [0.2, 0.25) is 0 Å². The molecule has 1 aromatic rings. The van der Waals surface area contributed by atoms with Gasteiger partial charge in [0.2, 0.25) is 0 Å². The molecule has 0 amide bonds. The van der Waals surface area contributed by atoms with Gasteiger partial charge in [-0.25, -0.2) is 0 Å². The monoisotopic (exact) mass is 313 g/mol. The lowest BCUT2D eigenvalue weighted by Crippen LogP contribution is -2.34. The van der Waals surface area contributed by atoms with Crippen LogP contribution in [-0.4, -0.2) is 12.6 Å². The van der Waals surface area contributed by atoms with Crippen molar-refractivity contribution >= 4 is 27.3 Å². The van der Waals surface area contributed by atoms with Crippen LogP contribution < -0.4 is 5.32 Å². The van der Waals surface area contributed by atoms with Gasteiger partial charge in [0, 0.05) is 20.8 Å². The van der Waals surface area contributed by atoms with E-state index in [0.29, 0.717) is 0 Å². The van der Waals surface area contributed by atoms with Gasteiger partial charge in [-0.15, -0.1) is 11.3 Å². The van der Waals surface area contributed by atoms with Crippen LogP contribution >= 0.6 is 27.3 Å². The van der Waals surface area contributed by atoms with Crippen molar-refractivity contribution in [3.63, 3.8) is 0 Å². The zero-order valence-electron chi connectivity index (χ0n) is 10.3. The summed E-state index contributed by atoms with van der Waals surface area (Å²) in [6, 6.07) is 3.01. The Hall–Kier alpha value is 0.140. The van der Waals surface area contributed by atoms with E-state index in [1.807, 2.05) is 11.3 Å². The number of hydrogen-bond donors (Lipinski definition) is 1. The summed E-state index contributed by atoms with van der Waals surface area (Å²) in [5, 5.41) is 5.92. The Morgan fingerprint density at radius 1 is 1.47 bits per heavy atom. The Labute approximate surface area is 116 Å². The maximum Gasteiger partial charge on any atom is 0.0285 e. The number of thiophene rings is 1. The fraction of sp³-hybridized carbons (Fsp3) is 0.714. The molecule has 0 spiro atoms. The summed E-state index contributed by atoms with van der Waals surface area (Å²) in [7, 11) is 0. The molecule has 2 aliphatic rings. The fourth-order valence-electron chi connectivity index (χ4n) is 3.76.